The molecule has 1 atom stereocenters. The molecular weight excluding hydrogens is 290 g/mol. The molecule has 21 heavy (non-hydrogen) atoms. The summed E-state index contributed by atoms with van der Waals surface area (Å²) in [5.74, 6) is -1.34. The molecule has 1 heterocycles. The Hall–Kier alpha value is -2.33. The summed E-state index contributed by atoms with van der Waals surface area (Å²) in [5.41, 5.74) is 1.94. The van der Waals surface area contributed by atoms with Crippen LogP contribution >= 0.6 is 11.6 Å². The number of anilines is 1. The van der Waals surface area contributed by atoms with Gasteiger partial charge in [0.1, 0.15) is 6.04 Å². The minimum atomic E-state index is -1.01. The Kier molecular flexibility index (Phi) is 3.39. The van der Waals surface area contributed by atoms with Crippen molar-refractivity contribution in [1.82, 2.24) is 0 Å². The minimum Gasteiger partial charge on any atom is -0.480 e. The van der Waals surface area contributed by atoms with E-state index in [-0.39, 0.29) is 5.91 Å². The van der Waals surface area contributed by atoms with Crippen LogP contribution in [-0.4, -0.2) is 23.0 Å². The number of carbonyl (C=O) groups excluding carboxylic acids is 1. The first kappa shape index (κ1) is 13.6. The topological polar surface area (TPSA) is 57.6 Å². The molecule has 4 nitrogen and oxygen atoms in total. The Balaban J connectivity index is 2.03. The molecule has 5 heteroatoms. The maximum absolute atomic E-state index is 12.7. The zero-order valence-electron chi connectivity index (χ0n) is 11.0. The minimum absolute atomic E-state index is 0.324. The summed E-state index contributed by atoms with van der Waals surface area (Å²) in [6, 6.07) is 12.8. The molecule has 1 aliphatic heterocycles. The first-order valence-electron chi connectivity index (χ1n) is 6.48. The lowest BCUT2D eigenvalue weighted by Gasteiger charge is -2.22. The lowest BCUT2D eigenvalue weighted by Crippen LogP contribution is -2.42. The molecule has 0 aromatic heterocycles. The molecule has 1 N–H and O–H groups in total. The molecule has 0 saturated carbocycles. The van der Waals surface area contributed by atoms with Crippen LogP contribution < -0.4 is 4.90 Å². The summed E-state index contributed by atoms with van der Waals surface area (Å²) < 4.78 is 0. The first-order valence-corrected chi connectivity index (χ1v) is 6.85. The van der Waals surface area contributed by atoms with Crippen LogP contribution in [0.3, 0.4) is 0 Å². The summed E-state index contributed by atoms with van der Waals surface area (Å²) in [6.45, 7) is 0. The van der Waals surface area contributed by atoms with Crippen LogP contribution in [0.4, 0.5) is 5.69 Å². The fraction of sp³-hybridized carbons (Fsp3) is 0.125. The van der Waals surface area contributed by atoms with E-state index in [0.29, 0.717) is 22.7 Å². The van der Waals surface area contributed by atoms with E-state index in [4.69, 9.17) is 11.6 Å². The van der Waals surface area contributed by atoms with Gasteiger partial charge in [0.05, 0.1) is 0 Å². The van der Waals surface area contributed by atoms with Gasteiger partial charge >= 0.3 is 5.97 Å². The lowest BCUT2D eigenvalue weighted by molar-refractivity contribution is -0.138. The summed E-state index contributed by atoms with van der Waals surface area (Å²) in [5, 5.41) is 9.91. The van der Waals surface area contributed by atoms with E-state index in [1.165, 1.54) is 4.90 Å². The highest BCUT2D eigenvalue weighted by atomic mass is 35.5. The van der Waals surface area contributed by atoms with Gasteiger partial charge in [0.15, 0.2) is 0 Å². The van der Waals surface area contributed by atoms with Gasteiger partial charge in [0.25, 0.3) is 5.91 Å². The zero-order valence-corrected chi connectivity index (χ0v) is 11.7. The van der Waals surface area contributed by atoms with Crippen molar-refractivity contribution in [2.24, 2.45) is 0 Å². The van der Waals surface area contributed by atoms with Crippen LogP contribution in [0, 0.1) is 0 Å². The van der Waals surface area contributed by atoms with E-state index in [0.717, 1.165) is 5.56 Å². The van der Waals surface area contributed by atoms with Gasteiger partial charge in [-0.25, -0.2) is 4.79 Å². The van der Waals surface area contributed by atoms with Gasteiger partial charge in [0, 0.05) is 22.7 Å². The third-order valence-electron chi connectivity index (χ3n) is 3.57. The summed E-state index contributed by atoms with van der Waals surface area (Å²) in [6.07, 6.45) is 0.324. The Morgan fingerprint density at radius 3 is 2.43 bits per heavy atom. The number of nitrogens with zero attached hydrogens (tertiary/aromatic N) is 1. The van der Waals surface area contributed by atoms with Gasteiger partial charge in [-0.1, -0.05) is 29.8 Å². The van der Waals surface area contributed by atoms with Crippen molar-refractivity contribution >= 4 is 29.2 Å². The SMILES string of the molecule is O=C(O)[C@@H]1Cc2ccccc2N1C(=O)c1ccc(Cl)cc1. The number of carboxylic acids is 1. The van der Waals surface area contributed by atoms with E-state index in [2.05, 4.69) is 0 Å². The number of halogens is 1. The van der Waals surface area contributed by atoms with E-state index < -0.39 is 12.0 Å². The number of benzene rings is 2. The van der Waals surface area contributed by atoms with E-state index in [9.17, 15) is 14.7 Å². The van der Waals surface area contributed by atoms with E-state index in [1.54, 1.807) is 36.4 Å². The summed E-state index contributed by atoms with van der Waals surface area (Å²) in [7, 11) is 0. The quantitative estimate of drug-likeness (QED) is 0.927. The van der Waals surface area contributed by atoms with Gasteiger partial charge in [0.2, 0.25) is 0 Å². The van der Waals surface area contributed by atoms with Crippen molar-refractivity contribution in [3.05, 3.63) is 64.7 Å². The molecule has 0 bridgehead atoms. The van der Waals surface area contributed by atoms with Gasteiger partial charge < -0.3 is 5.11 Å². The number of amides is 1. The maximum Gasteiger partial charge on any atom is 0.327 e. The van der Waals surface area contributed by atoms with Crippen molar-refractivity contribution in [3.63, 3.8) is 0 Å². The second-order valence-corrected chi connectivity index (χ2v) is 5.31. The molecule has 2 aromatic carbocycles. The van der Waals surface area contributed by atoms with Gasteiger partial charge in [-0.05, 0) is 35.9 Å². The molecule has 0 unspecified atom stereocenters. The molecule has 0 fully saturated rings. The Labute approximate surface area is 126 Å². The van der Waals surface area contributed by atoms with Crippen molar-refractivity contribution in [3.8, 4) is 0 Å². The highest BCUT2D eigenvalue weighted by molar-refractivity contribution is 6.30. The number of carboxylic acid groups (broad SMARTS) is 1. The van der Waals surface area contributed by atoms with Crippen molar-refractivity contribution in [2.45, 2.75) is 12.5 Å². The molecule has 0 spiro atoms. The average molecular weight is 302 g/mol. The van der Waals surface area contributed by atoms with Crippen molar-refractivity contribution in [1.29, 1.82) is 0 Å². The average Bonchev–Trinajstić information content (AvgIpc) is 2.87. The summed E-state index contributed by atoms with van der Waals surface area (Å²) in [4.78, 5) is 25.5. The lowest BCUT2D eigenvalue weighted by atomic mass is 10.1. The van der Waals surface area contributed by atoms with Gasteiger partial charge in [-0.2, -0.15) is 0 Å². The number of carbonyl (C=O) groups is 2. The highest BCUT2D eigenvalue weighted by Gasteiger charge is 2.38. The van der Waals surface area contributed by atoms with E-state index >= 15 is 0 Å². The predicted octanol–water partition coefficient (Wildman–Crippen LogP) is 3.00. The molecular formula is C16H12ClNO3. The number of para-hydroxylation sites is 1. The molecule has 1 aliphatic rings. The number of fused-ring (bicyclic) bond motifs is 1. The Morgan fingerprint density at radius 1 is 1.10 bits per heavy atom. The number of aliphatic carboxylic acids is 1. The van der Waals surface area contributed by atoms with Gasteiger partial charge in [-0.15, -0.1) is 0 Å². The van der Waals surface area contributed by atoms with Crippen LogP contribution in [0.2, 0.25) is 5.02 Å². The molecule has 1 amide bonds. The largest absolute Gasteiger partial charge is 0.480 e. The molecule has 0 aliphatic carbocycles. The standard InChI is InChI=1S/C16H12ClNO3/c17-12-7-5-10(6-8-12)15(19)18-13-4-2-1-3-11(13)9-14(18)16(20)21/h1-8,14H,9H2,(H,20,21)/t14-/m0/s1. The van der Waals surface area contributed by atoms with Crippen molar-refractivity contribution in [2.75, 3.05) is 4.90 Å². The second-order valence-electron chi connectivity index (χ2n) is 4.87. The normalized spacial score (nSPS) is 16.6. The van der Waals surface area contributed by atoms with Crippen LogP contribution in [0.5, 0.6) is 0 Å². The predicted molar refractivity (Wildman–Crippen MR) is 79.8 cm³/mol. The smallest absolute Gasteiger partial charge is 0.327 e. The Morgan fingerprint density at radius 2 is 1.76 bits per heavy atom. The molecule has 0 saturated heterocycles. The highest BCUT2D eigenvalue weighted by Crippen LogP contribution is 2.33. The number of rotatable bonds is 2. The van der Waals surface area contributed by atoms with Crippen LogP contribution in [-0.2, 0) is 11.2 Å². The number of hydrogen-bond acceptors (Lipinski definition) is 2. The molecule has 0 radical (unpaired) electrons. The van der Waals surface area contributed by atoms with Crippen LogP contribution in [0.15, 0.2) is 48.5 Å². The number of hydrogen-bond donors (Lipinski definition) is 1. The van der Waals surface area contributed by atoms with Crippen LogP contribution in [0.1, 0.15) is 15.9 Å². The van der Waals surface area contributed by atoms with Gasteiger partial charge in [-0.3, -0.25) is 9.69 Å². The monoisotopic (exact) mass is 301 g/mol. The third-order valence-corrected chi connectivity index (χ3v) is 3.82. The fourth-order valence-corrected chi connectivity index (χ4v) is 2.69. The third kappa shape index (κ3) is 2.38. The Bertz CT molecular complexity index is 712. The van der Waals surface area contributed by atoms with Crippen LogP contribution in [0.25, 0.3) is 0 Å². The molecule has 3 rings (SSSR count). The maximum atomic E-state index is 12.7. The van der Waals surface area contributed by atoms with Crippen molar-refractivity contribution < 1.29 is 14.7 Å². The molecule has 2 aromatic rings. The first-order chi connectivity index (χ1) is 10.1. The fourth-order valence-electron chi connectivity index (χ4n) is 2.57. The zero-order chi connectivity index (χ0) is 15.0. The van der Waals surface area contributed by atoms with E-state index in [1.807, 2.05) is 12.1 Å². The molecule has 106 valence electrons. The summed E-state index contributed by atoms with van der Waals surface area (Å²) >= 11 is 5.82. The second kappa shape index (κ2) is 5.22.